The Kier molecular flexibility index (Phi) is 7.82. The first-order chi connectivity index (χ1) is 19.5. The molecule has 1 saturated heterocycles. The summed E-state index contributed by atoms with van der Waals surface area (Å²) in [6, 6.07) is 8.30. The van der Waals surface area contributed by atoms with E-state index >= 15 is 0 Å². The van der Waals surface area contributed by atoms with Crippen LogP contribution in [-0.4, -0.2) is 68.0 Å². The number of hydrogen-bond donors (Lipinski definition) is 2. The second-order valence-electron chi connectivity index (χ2n) is 9.03. The van der Waals surface area contributed by atoms with E-state index in [-0.39, 0.29) is 34.6 Å². The van der Waals surface area contributed by atoms with Crippen molar-refractivity contribution in [1.82, 2.24) is 35.6 Å². The van der Waals surface area contributed by atoms with Gasteiger partial charge in [-0.3, -0.25) is 9.69 Å². The maximum absolute atomic E-state index is 13.2. The lowest BCUT2D eigenvalue weighted by Gasteiger charge is -2.33. The molecule has 0 bridgehead atoms. The largest absolute Gasteiger partial charge is 0.493 e. The van der Waals surface area contributed by atoms with Gasteiger partial charge in [-0.25, -0.2) is 14.8 Å². The van der Waals surface area contributed by atoms with Gasteiger partial charge in [0.25, 0.3) is 5.91 Å². The molecule has 40 heavy (non-hydrogen) atoms. The fourth-order valence-electron chi connectivity index (χ4n) is 4.37. The minimum atomic E-state index is -0.719. The number of esters is 1. The Morgan fingerprint density at radius 3 is 2.85 bits per heavy atom. The van der Waals surface area contributed by atoms with E-state index in [0.717, 1.165) is 25.8 Å². The first kappa shape index (κ1) is 26.6. The van der Waals surface area contributed by atoms with Crippen LogP contribution in [0.25, 0.3) is 5.82 Å². The Morgan fingerprint density at radius 2 is 2.12 bits per heavy atom. The lowest BCUT2D eigenvalue weighted by molar-refractivity contribution is 0.0695. The van der Waals surface area contributed by atoms with Gasteiger partial charge in [-0.15, -0.1) is 5.10 Å². The van der Waals surface area contributed by atoms with Crippen molar-refractivity contribution < 1.29 is 28.1 Å². The minimum absolute atomic E-state index is 0.0115. The molecule has 4 heterocycles. The summed E-state index contributed by atoms with van der Waals surface area (Å²) >= 11 is 0. The predicted molar refractivity (Wildman–Crippen MR) is 139 cm³/mol. The molecule has 1 amide bonds. The van der Waals surface area contributed by atoms with E-state index < -0.39 is 11.9 Å². The number of ether oxygens (including phenoxy) is 2. The summed E-state index contributed by atoms with van der Waals surface area (Å²) in [4.78, 5) is 27.9. The molecular formula is C25H27N9O6. The molecule has 208 valence electrons. The summed E-state index contributed by atoms with van der Waals surface area (Å²) in [6.45, 7) is 3.36. The monoisotopic (exact) mass is 549 g/mol. The number of benzene rings is 1. The van der Waals surface area contributed by atoms with Gasteiger partial charge in [0.15, 0.2) is 17.2 Å². The summed E-state index contributed by atoms with van der Waals surface area (Å²) in [7, 11) is 1.44. The molecule has 0 spiro atoms. The maximum atomic E-state index is 13.2. The Balaban J connectivity index is 1.38. The number of amides is 1. The number of carbonyl (C=O) groups is 2. The number of hydrazone groups is 1. The molecule has 0 radical (unpaired) electrons. The highest BCUT2D eigenvalue weighted by Gasteiger charge is 2.28. The van der Waals surface area contributed by atoms with Crippen LogP contribution in [0.1, 0.15) is 58.5 Å². The molecule has 15 heteroatoms. The number of rotatable bonds is 9. The van der Waals surface area contributed by atoms with Gasteiger partial charge in [0.1, 0.15) is 0 Å². The third-order valence-electron chi connectivity index (χ3n) is 6.48. The Bertz CT molecular complexity index is 1510. The third-order valence-corrected chi connectivity index (χ3v) is 6.48. The molecule has 1 unspecified atom stereocenters. The summed E-state index contributed by atoms with van der Waals surface area (Å²) in [5.74, 6) is -0.786. The van der Waals surface area contributed by atoms with E-state index in [0.29, 0.717) is 23.8 Å². The number of aromatic nitrogens is 5. The van der Waals surface area contributed by atoms with Gasteiger partial charge in [0.2, 0.25) is 17.4 Å². The number of carbonyl (C=O) groups excluding carboxylic acids is 2. The van der Waals surface area contributed by atoms with Crippen LogP contribution in [0.2, 0.25) is 0 Å². The lowest BCUT2D eigenvalue weighted by atomic mass is 10.0. The highest BCUT2D eigenvalue weighted by molar-refractivity contribution is 5.95. The van der Waals surface area contributed by atoms with Crippen molar-refractivity contribution in [3.63, 3.8) is 0 Å². The van der Waals surface area contributed by atoms with E-state index in [2.05, 4.69) is 43.0 Å². The summed E-state index contributed by atoms with van der Waals surface area (Å²) < 4.78 is 22.0. The number of furan rings is 1. The average molecular weight is 550 g/mol. The summed E-state index contributed by atoms with van der Waals surface area (Å²) in [6.07, 6.45) is 5.90. The Labute approximate surface area is 227 Å². The van der Waals surface area contributed by atoms with Crippen molar-refractivity contribution in [2.24, 2.45) is 5.10 Å². The van der Waals surface area contributed by atoms with Crippen LogP contribution in [0.5, 0.6) is 11.5 Å². The number of methoxy groups -OCH3 is 1. The number of nitrogens with one attached hydrogen (secondary N) is 1. The van der Waals surface area contributed by atoms with Crippen molar-refractivity contribution in [2.45, 2.75) is 38.8 Å². The number of nitrogens with zero attached hydrogens (tertiary/aromatic N) is 7. The predicted octanol–water partition coefficient (Wildman–Crippen LogP) is 2.19. The van der Waals surface area contributed by atoms with Crippen molar-refractivity contribution in [1.29, 1.82) is 0 Å². The van der Waals surface area contributed by atoms with E-state index in [1.54, 1.807) is 24.3 Å². The molecule has 4 aromatic rings. The molecule has 1 aliphatic rings. The van der Waals surface area contributed by atoms with E-state index in [9.17, 15) is 9.59 Å². The molecule has 0 aliphatic carbocycles. The first-order valence-corrected chi connectivity index (χ1v) is 12.5. The number of hydrogen-bond acceptors (Lipinski definition) is 13. The molecule has 3 aromatic heterocycles. The van der Waals surface area contributed by atoms with Crippen molar-refractivity contribution >= 4 is 23.9 Å². The molecular weight excluding hydrogens is 522 g/mol. The first-order valence-electron chi connectivity index (χ1n) is 12.5. The maximum Gasteiger partial charge on any atom is 0.379 e. The number of piperidine rings is 1. The summed E-state index contributed by atoms with van der Waals surface area (Å²) in [5.41, 5.74) is 9.21. The van der Waals surface area contributed by atoms with Gasteiger partial charge < -0.3 is 19.6 Å². The van der Waals surface area contributed by atoms with Gasteiger partial charge in [-0.05, 0) is 60.9 Å². The van der Waals surface area contributed by atoms with Gasteiger partial charge in [0, 0.05) is 18.2 Å². The van der Waals surface area contributed by atoms with Crippen molar-refractivity contribution in [2.75, 3.05) is 19.4 Å². The standard InChI is InChI=1S/C25H27N9O6/c1-15-7-3-4-11-33(15)14-17-20(28-32-34(17)23-22(26)30-40-31-23)24(35)29-27-13-16-8-5-9-18(37-2)21(16)39-25(36)19-10-6-12-38-19/h5-6,8-10,12-13,15H,3-4,7,11,14H2,1-2H3,(H2,26,30)(H,29,35)/b27-13-. The van der Waals surface area contributed by atoms with Crippen LogP contribution in [0.15, 0.2) is 50.7 Å². The number of anilines is 1. The smallest absolute Gasteiger partial charge is 0.379 e. The van der Waals surface area contributed by atoms with E-state index in [1.165, 1.54) is 30.3 Å². The minimum Gasteiger partial charge on any atom is -0.493 e. The molecule has 1 aliphatic heterocycles. The zero-order chi connectivity index (χ0) is 28.1. The van der Waals surface area contributed by atoms with Crippen LogP contribution >= 0.6 is 0 Å². The second-order valence-corrected chi connectivity index (χ2v) is 9.03. The zero-order valence-corrected chi connectivity index (χ0v) is 21.8. The Morgan fingerprint density at radius 1 is 1.25 bits per heavy atom. The number of para-hydroxylation sites is 1. The number of likely N-dealkylation sites (tertiary alicyclic amines) is 1. The van der Waals surface area contributed by atoms with Gasteiger partial charge in [-0.2, -0.15) is 9.78 Å². The highest BCUT2D eigenvalue weighted by Crippen LogP contribution is 2.31. The van der Waals surface area contributed by atoms with Crippen LogP contribution in [0.3, 0.4) is 0 Å². The number of nitrogens with two attached hydrogens (primary N) is 1. The van der Waals surface area contributed by atoms with Crippen LogP contribution in [0, 0.1) is 0 Å². The third kappa shape index (κ3) is 5.54. The number of nitrogen functional groups attached to an aromatic ring is 1. The second kappa shape index (κ2) is 11.8. The zero-order valence-electron chi connectivity index (χ0n) is 21.8. The fourth-order valence-corrected chi connectivity index (χ4v) is 4.37. The van der Waals surface area contributed by atoms with E-state index in [4.69, 9.17) is 24.3 Å². The molecule has 1 fully saturated rings. The van der Waals surface area contributed by atoms with E-state index in [1.807, 2.05) is 0 Å². The lowest BCUT2D eigenvalue weighted by Crippen LogP contribution is -2.38. The Hall–Kier alpha value is -5.05. The van der Waals surface area contributed by atoms with Crippen LogP contribution in [-0.2, 0) is 6.54 Å². The average Bonchev–Trinajstić information content (AvgIpc) is 3.72. The molecule has 5 rings (SSSR count). The summed E-state index contributed by atoms with van der Waals surface area (Å²) in [5, 5.41) is 19.6. The van der Waals surface area contributed by atoms with Gasteiger partial charge in [-0.1, -0.05) is 17.7 Å². The topological polar surface area (TPSA) is 189 Å². The fraction of sp³-hybridized carbons (Fsp3) is 0.320. The SMILES string of the molecule is COc1cccc(/C=N\NC(=O)c2nnn(-c3nonc3N)c2CN2CCCCC2C)c1OC(=O)c1ccco1. The van der Waals surface area contributed by atoms with Crippen molar-refractivity contribution in [3.05, 3.63) is 59.3 Å². The normalized spacial score (nSPS) is 15.8. The van der Waals surface area contributed by atoms with Gasteiger partial charge >= 0.3 is 5.97 Å². The van der Waals surface area contributed by atoms with Crippen LogP contribution in [0.4, 0.5) is 5.82 Å². The quantitative estimate of drug-likeness (QED) is 0.134. The molecule has 0 saturated carbocycles. The molecule has 15 nitrogen and oxygen atoms in total. The molecule has 3 N–H and O–H groups in total. The molecule has 1 aromatic carbocycles. The van der Waals surface area contributed by atoms with Crippen molar-refractivity contribution in [3.8, 4) is 17.3 Å². The van der Waals surface area contributed by atoms with Crippen LogP contribution < -0.4 is 20.6 Å². The highest BCUT2D eigenvalue weighted by atomic mass is 16.6. The van der Waals surface area contributed by atoms with Gasteiger partial charge in [0.05, 0.1) is 25.3 Å². The molecule has 1 atom stereocenters.